The van der Waals surface area contributed by atoms with Gasteiger partial charge >= 0.3 is 0 Å². The number of rotatable bonds is 5. The lowest BCUT2D eigenvalue weighted by molar-refractivity contribution is 0.341. The van der Waals surface area contributed by atoms with E-state index in [-0.39, 0.29) is 5.56 Å². The zero-order valence-corrected chi connectivity index (χ0v) is 16.2. The van der Waals surface area contributed by atoms with Crippen molar-refractivity contribution in [3.63, 3.8) is 0 Å². The summed E-state index contributed by atoms with van der Waals surface area (Å²) in [5, 5.41) is 0. The molecule has 0 saturated heterocycles. The molecular weight excluding hydrogens is 417 g/mol. The summed E-state index contributed by atoms with van der Waals surface area (Å²) in [7, 11) is 1.91. The molecule has 2 heterocycles. The van der Waals surface area contributed by atoms with Crippen LogP contribution >= 0.6 is 22.6 Å². The maximum Gasteiger partial charge on any atom is 0.275 e. The number of benzene rings is 1. The molecule has 0 unspecified atom stereocenters. The van der Waals surface area contributed by atoms with Crippen molar-refractivity contribution >= 4 is 33.6 Å². The minimum absolute atomic E-state index is 0.121. The standard InChI is InChI=1S/C18H20IN3O2/c1-4-8-12-14-15(22(3)16(12)19)18(23)21-17(20-14)11-9-6-7-10-13(11)24-5-2/h6-7,9-10H,4-5,8H2,1-3H3,(H,20,21,23). The number of aromatic amines is 1. The molecule has 0 fully saturated rings. The van der Waals surface area contributed by atoms with Crippen molar-refractivity contribution in [1.29, 1.82) is 0 Å². The highest BCUT2D eigenvalue weighted by Crippen LogP contribution is 2.30. The van der Waals surface area contributed by atoms with Crippen LogP contribution in [0.2, 0.25) is 0 Å². The fraction of sp³-hybridized carbons (Fsp3) is 0.333. The van der Waals surface area contributed by atoms with Crippen LogP contribution in [0.5, 0.6) is 5.75 Å². The Kier molecular flexibility index (Phi) is 4.93. The van der Waals surface area contributed by atoms with Gasteiger partial charge in [0.1, 0.15) is 22.6 Å². The number of fused-ring (bicyclic) bond motifs is 1. The first-order valence-corrected chi connectivity index (χ1v) is 9.15. The molecule has 6 heteroatoms. The van der Waals surface area contributed by atoms with Gasteiger partial charge in [-0.05, 0) is 48.1 Å². The number of ether oxygens (including phenoxy) is 1. The Balaban J connectivity index is 2.29. The lowest BCUT2D eigenvalue weighted by Gasteiger charge is -2.09. The predicted octanol–water partition coefficient (Wildman–Crippen LogP) is 3.88. The van der Waals surface area contributed by atoms with Crippen LogP contribution < -0.4 is 10.3 Å². The Labute approximate surface area is 154 Å². The predicted molar refractivity (Wildman–Crippen MR) is 105 cm³/mol. The fourth-order valence-corrected chi connectivity index (χ4v) is 3.70. The highest BCUT2D eigenvalue weighted by atomic mass is 127. The lowest BCUT2D eigenvalue weighted by Crippen LogP contribution is -2.12. The van der Waals surface area contributed by atoms with Crippen LogP contribution in [0.15, 0.2) is 29.1 Å². The molecule has 0 bridgehead atoms. The van der Waals surface area contributed by atoms with E-state index in [0.29, 0.717) is 17.9 Å². The Bertz CT molecular complexity index is 943. The summed E-state index contributed by atoms with van der Waals surface area (Å²) in [5.74, 6) is 1.28. The molecule has 0 saturated carbocycles. The second-order valence-corrected chi connectivity index (χ2v) is 6.64. The van der Waals surface area contributed by atoms with Crippen molar-refractivity contribution in [3.05, 3.63) is 43.9 Å². The first kappa shape index (κ1) is 17.0. The van der Waals surface area contributed by atoms with Gasteiger partial charge in [-0.25, -0.2) is 4.98 Å². The quantitative estimate of drug-likeness (QED) is 0.617. The van der Waals surface area contributed by atoms with E-state index in [2.05, 4.69) is 34.5 Å². The first-order valence-electron chi connectivity index (χ1n) is 8.07. The molecule has 5 nitrogen and oxygen atoms in total. The monoisotopic (exact) mass is 437 g/mol. The molecule has 1 aromatic carbocycles. The minimum atomic E-state index is -0.121. The van der Waals surface area contributed by atoms with Gasteiger partial charge in [0, 0.05) is 12.6 Å². The maximum atomic E-state index is 12.7. The second kappa shape index (κ2) is 6.96. The average molecular weight is 437 g/mol. The van der Waals surface area contributed by atoms with E-state index in [0.717, 1.165) is 38.9 Å². The number of hydrogen-bond acceptors (Lipinski definition) is 3. The molecule has 0 amide bonds. The van der Waals surface area contributed by atoms with Gasteiger partial charge in [0.05, 0.1) is 15.9 Å². The van der Waals surface area contributed by atoms with Crippen molar-refractivity contribution < 1.29 is 4.74 Å². The summed E-state index contributed by atoms with van der Waals surface area (Å²) in [4.78, 5) is 20.4. The molecular formula is C18H20IN3O2. The molecule has 3 aromatic rings. The van der Waals surface area contributed by atoms with E-state index in [1.807, 2.05) is 42.8 Å². The Morgan fingerprint density at radius 3 is 2.75 bits per heavy atom. The van der Waals surface area contributed by atoms with Crippen LogP contribution in [-0.4, -0.2) is 21.1 Å². The average Bonchev–Trinajstić information content (AvgIpc) is 2.81. The first-order chi connectivity index (χ1) is 11.6. The third-order valence-corrected chi connectivity index (χ3v) is 5.38. The van der Waals surface area contributed by atoms with Crippen LogP contribution in [0.4, 0.5) is 0 Å². The van der Waals surface area contributed by atoms with Crippen LogP contribution in [0.1, 0.15) is 25.8 Å². The van der Waals surface area contributed by atoms with Gasteiger partial charge in [0.15, 0.2) is 0 Å². The third kappa shape index (κ3) is 2.83. The van der Waals surface area contributed by atoms with Gasteiger partial charge in [0.2, 0.25) is 0 Å². The number of H-pyrrole nitrogens is 1. The highest BCUT2D eigenvalue weighted by Gasteiger charge is 2.19. The van der Waals surface area contributed by atoms with Gasteiger partial charge in [-0.3, -0.25) is 4.79 Å². The molecule has 0 aliphatic rings. The van der Waals surface area contributed by atoms with Gasteiger partial charge in [-0.15, -0.1) is 0 Å². The van der Waals surface area contributed by atoms with Gasteiger partial charge < -0.3 is 14.3 Å². The number of hydrogen-bond donors (Lipinski definition) is 1. The summed E-state index contributed by atoms with van der Waals surface area (Å²) in [6, 6.07) is 7.65. The van der Waals surface area contributed by atoms with Crippen molar-refractivity contribution in [2.45, 2.75) is 26.7 Å². The molecule has 0 spiro atoms. The maximum absolute atomic E-state index is 12.7. The molecule has 3 rings (SSSR count). The molecule has 2 aromatic heterocycles. The Morgan fingerprint density at radius 1 is 1.29 bits per heavy atom. The van der Waals surface area contributed by atoms with Gasteiger partial charge in [-0.1, -0.05) is 25.5 Å². The van der Waals surface area contributed by atoms with Crippen molar-refractivity contribution in [1.82, 2.24) is 14.5 Å². The van der Waals surface area contributed by atoms with E-state index in [4.69, 9.17) is 9.72 Å². The van der Waals surface area contributed by atoms with Crippen LogP contribution in [0, 0.1) is 3.70 Å². The lowest BCUT2D eigenvalue weighted by atomic mass is 10.1. The molecule has 0 aliphatic carbocycles. The second-order valence-electron chi connectivity index (χ2n) is 5.62. The number of aromatic nitrogens is 3. The number of nitrogens with one attached hydrogen (secondary N) is 1. The van der Waals surface area contributed by atoms with Gasteiger partial charge in [0.25, 0.3) is 5.56 Å². The number of halogens is 1. The van der Waals surface area contributed by atoms with Crippen molar-refractivity contribution in [2.75, 3.05) is 6.61 Å². The van der Waals surface area contributed by atoms with Crippen LogP contribution in [-0.2, 0) is 13.5 Å². The third-order valence-electron chi connectivity index (χ3n) is 4.00. The summed E-state index contributed by atoms with van der Waals surface area (Å²) in [6.45, 7) is 4.64. The van der Waals surface area contributed by atoms with E-state index in [1.165, 1.54) is 0 Å². The van der Waals surface area contributed by atoms with E-state index < -0.39 is 0 Å². The van der Waals surface area contributed by atoms with Crippen LogP contribution in [0.25, 0.3) is 22.4 Å². The largest absolute Gasteiger partial charge is 0.493 e. The Hall–Kier alpha value is -1.83. The van der Waals surface area contributed by atoms with Gasteiger partial charge in [-0.2, -0.15) is 0 Å². The molecule has 0 radical (unpaired) electrons. The highest BCUT2D eigenvalue weighted by molar-refractivity contribution is 14.1. The summed E-state index contributed by atoms with van der Waals surface area (Å²) < 4.78 is 8.67. The molecule has 1 N–H and O–H groups in total. The molecule has 0 aliphatic heterocycles. The zero-order valence-electron chi connectivity index (χ0n) is 14.0. The summed E-state index contributed by atoms with van der Waals surface area (Å²) in [5.41, 5.74) is 3.23. The summed E-state index contributed by atoms with van der Waals surface area (Å²) >= 11 is 2.29. The topological polar surface area (TPSA) is 59.9 Å². The minimum Gasteiger partial charge on any atom is -0.493 e. The van der Waals surface area contributed by atoms with Crippen molar-refractivity contribution in [3.8, 4) is 17.1 Å². The normalized spacial score (nSPS) is 11.2. The fourth-order valence-electron chi connectivity index (χ4n) is 2.93. The molecule has 24 heavy (non-hydrogen) atoms. The van der Waals surface area contributed by atoms with E-state index in [9.17, 15) is 4.79 Å². The van der Waals surface area contributed by atoms with E-state index >= 15 is 0 Å². The Morgan fingerprint density at radius 2 is 2.04 bits per heavy atom. The smallest absolute Gasteiger partial charge is 0.275 e. The van der Waals surface area contributed by atoms with Crippen molar-refractivity contribution in [2.24, 2.45) is 7.05 Å². The summed E-state index contributed by atoms with van der Waals surface area (Å²) in [6.07, 6.45) is 1.91. The molecule has 0 atom stereocenters. The number of para-hydroxylation sites is 1. The number of aryl methyl sites for hydroxylation is 2. The zero-order chi connectivity index (χ0) is 17.3. The van der Waals surface area contributed by atoms with Crippen LogP contribution in [0.3, 0.4) is 0 Å². The SMILES string of the molecule is CCCc1c(I)n(C)c2c(=O)[nH]c(-c3ccccc3OCC)nc12. The molecule has 126 valence electrons. The number of nitrogens with zero attached hydrogens (tertiary/aromatic N) is 2. The van der Waals surface area contributed by atoms with E-state index in [1.54, 1.807) is 0 Å².